The van der Waals surface area contributed by atoms with Gasteiger partial charge in [0, 0.05) is 59.6 Å². The molecule has 0 aliphatic heterocycles. The van der Waals surface area contributed by atoms with E-state index in [4.69, 9.17) is 0 Å². The first-order valence-corrected chi connectivity index (χ1v) is 13.7. The molecule has 0 bridgehead atoms. The predicted octanol–water partition coefficient (Wildman–Crippen LogP) is 6.61. The van der Waals surface area contributed by atoms with Crippen LogP contribution in [-0.4, -0.2) is 71.2 Å². The van der Waals surface area contributed by atoms with Gasteiger partial charge in [-0.3, -0.25) is 10.1 Å². The Labute approximate surface area is 239 Å². The second-order valence-electron chi connectivity index (χ2n) is 11.1. The van der Waals surface area contributed by atoms with E-state index in [9.17, 15) is 4.39 Å². The van der Waals surface area contributed by atoms with E-state index in [-0.39, 0.29) is 5.82 Å². The topological polar surface area (TPSA) is 75.9 Å². The standard InChI is InChI=1S/C33H34FN7/c1-40(2)11-10-36-26-14-23(13-25(34)16-26)27-6-5-7-30-28(27)17-32(37-30)33-29-15-22(8-9-31(29)38-39-33)24-12-21(18-35-19-24)20-41(3)4/h5-9,12-19,36-37H,10-11,20H2,1-4H3,(H,38,39). The minimum absolute atomic E-state index is 0.266. The minimum Gasteiger partial charge on any atom is -0.384 e. The van der Waals surface area contributed by atoms with E-state index in [1.165, 1.54) is 0 Å². The zero-order valence-corrected chi connectivity index (χ0v) is 23.8. The molecule has 0 saturated heterocycles. The van der Waals surface area contributed by atoms with E-state index < -0.39 is 0 Å². The Balaban J connectivity index is 1.37. The average molecular weight is 548 g/mol. The van der Waals surface area contributed by atoms with Crippen LogP contribution in [0.2, 0.25) is 0 Å². The molecule has 3 aromatic heterocycles. The van der Waals surface area contributed by atoms with Crippen molar-refractivity contribution in [1.82, 2.24) is 30.0 Å². The molecule has 41 heavy (non-hydrogen) atoms. The number of nitrogens with zero attached hydrogens (tertiary/aromatic N) is 4. The zero-order valence-electron chi connectivity index (χ0n) is 23.8. The van der Waals surface area contributed by atoms with Crippen LogP contribution in [0.4, 0.5) is 10.1 Å². The number of benzene rings is 3. The molecule has 208 valence electrons. The smallest absolute Gasteiger partial charge is 0.125 e. The molecule has 0 aliphatic carbocycles. The molecule has 7 nitrogen and oxygen atoms in total. The summed E-state index contributed by atoms with van der Waals surface area (Å²) in [6.07, 6.45) is 3.81. The lowest BCUT2D eigenvalue weighted by molar-refractivity contribution is 0.402. The van der Waals surface area contributed by atoms with Crippen molar-refractivity contribution in [3.05, 3.63) is 90.5 Å². The number of hydrogen-bond donors (Lipinski definition) is 3. The molecule has 6 aromatic rings. The molecule has 8 heteroatoms. The van der Waals surface area contributed by atoms with E-state index in [2.05, 4.69) is 79.7 Å². The second-order valence-corrected chi connectivity index (χ2v) is 11.1. The van der Waals surface area contributed by atoms with Crippen LogP contribution in [0, 0.1) is 5.82 Å². The Hall–Kier alpha value is -4.53. The van der Waals surface area contributed by atoms with Crippen molar-refractivity contribution >= 4 is 27.5 Å². The van der Waals surface area contributed by atoms with Gasteiger partial charge in [-0.2, -0.15) is 5.10 Å². The van der Waals surface area contributed by atoms with E-state index in [1.54, 1.807) is 12.1 Å². The predicted molar refractivity (Wildman–Crippen MR) is 166 cm³/mol. The summed E-state index contributed by atoms with van der Waals surface area (Å²) in [6, 6.07) is 21.8. The Bertz CT molecular complexity index is 1830. The maximum absolute atomic E-state index is 14.7. The number of nitrogens with one attached hydrogen (secondary N) is 3. The van der Waals surface area contributed by atoms with E-state index in [0.717, 1.165) is 86.3 Å². The number of fused-ring (bicyclic) bond motifs is 2. The summed E-state index contributed by atoms with van der Waals surface area (Å²) in [7, 11) is 8.15. The number of H-pyrrole nitrogens is 2. The molecule has 0 aliphatic rings. The lowest BCUT2D eigenvalue weighted by Crippen LogP contribution is -2.20. The highest BCUT2D eigenvalue weighted by molar-refractivity contribution is 6.02. The molecule has 0 radical (unpaired) electrons. The highest BCUT2D eigenvalue weighted by Gasteiger charge is 2.15. The molecule has 3 heterocycles. The zero-order chi connectivity index (χ0) is 28.5. The molecule has 3 aromatic carbocycles. The monoisotopic (exact) mass is 547 g/mol. The number of rotatable bonds is 9. The van der Waals surface area contributed by atoms with Gasteiger partial charge in [0.1, 0.15) is 11.5 Å². The van der Waals surface area contributed by atoms with Crippen LogP contribution in [0.5, 0.6) is 0 Å². The van der Waals surface area contributed by atoms with Gasteiger partial charge in [-0.15, -0.1) is 0 Å². The largest absolute Gasteiger partial charge is 0.384 e. The Morgan fingerprint density at radius 2 is 1.68 bits per heavy atom. The van der Waals surface area contributed by atoms with Gasteiger partial charge in [0.2, 0.25) is 0 Å². The fourth-order valence-corrected chi connectivity index (χ4v) is 5.30. The third-order valence-electron chi connectivity index (χ3n) is 7.21. The number of anilines is 1. The average Bonchev–Trinajstić information content (AvgIpc) is 3.56. The number of hydrogen-bond acceptors (Lipinski definition) is 5. The van der Waals surface area contributed by atoms with Crippen LogP contribution >= 0.6 is 0 Å². The summed E-state index contributed by atoms with van der Waals surface area (Å²) in [6.45, 7) is 2.43. The number of likely N-dealkylation sites (N-methyl/N-ethyl adjacent to an activating group) is 1. The summed E-state index contributed by atoms with van der Waals surface area (Å²) in [5.41, 5.74) is 9.54. The molecule has 0 atom stereocenters. The van der Waals surface area contributed by atoms with E-state index >= 15 is 0 Å². The maximum Gasteiger partial charge on any atom is 0.125 e. The number of pyridine rings is 1. The lowest BCUT2D eigenvalue weighted by atomic mass is 10.00. The summed E-state index contributed by atoms with van der Waals surface area (Å²) in [5.74, 6) is -0.266. The van der Waals surface area contributed by atoms with Crippen LogP contribution in [-0.2, 0) is 6.54 Å². The molecule has 0 fully saturated rings. The Kier molecular flexibility index (Phi) is 7.26. The summed E-state index contributed by atoms with van der Waals surface area (Å²) in [4.78, 5) is 12.3. The van der Waals surface area contributed by atoms with Crippen molar-refractivity contribution in [3.8, 4) is 33.6 Å². The minimum atomic E-state index is -0.266. The summed E-state index contributed by atoms with van der Waals surface area (Å²) >= 11 is 0. The molecule has 0 spiro atoms. The molecule has 3 N–H and O–H groups in total. The van der Waals surface area contributed by atoms with Crippen molar-refractivity contribution < 1.29 is 4.39 Å². The number of aromatic nitrogens is 4. The number of aromatic amines is 2. The normalized spacial score (nSPS) is 11.8. The highest BCUT2D eigenvalue weighted by atomic mass is 19.1. The molecular formula is C33H34FN7. The molecule has 0 saturated carbocycles. The quantitative estimate of drug-likeness (QED) is 0.190. The van der Waals surface area contributed by atoms with E-state index in [0.29, 0.717) is 0 Å². The van der Waals surface area contributed by atoms with Gasteiger partial charge < -0.3 is 20.1 Å². The van der Waals surface area contributed by atoms with Gasteiger partial charge in [0.05, 0.1) is 11.2 Å². The third kappa shape index (κ3) is 5.70. The SMILES string of the molecule is CN(C)CCNc1cc(F)cc(-c2cccc3[nH]c(-c4n[nH]c5ccc(-c6cncc(CN(C)C)c6)cc45)cc23)c1. The second kappa shape index (κ2) is 11.2. The van der Waals surface area contributed by atoms with Crippen LogP contribution in [0.25, 0.3) is 55.4 Å². The van der Waals surface area contributed by atoms with Crippen LogP contribution < -0.4 is 5.32 Å². The highest BCUT2D eigenvalue weighted by Crippen LogP contribution is 2.36. The molecular weight excluding hydrogens is 513 g/mol. The first-order valence-electron chi connectivity index (χ1n) is 13.7. The van der Waals surface area contributed by atoms with Gasteiger partial charge in [-0.05, 0) is 99.0 Å². The van der Waals surface area contributed by atoms with Crippen molar-refractivity contribution in [2.24, 2.45) is 0 Å². The van der Waals surface area contributed by atoms with Crippen molar-refractivity contribution in [3.63, 3.8) is 0 Å². The van der Waals surface area contributed by atoms with Gasteiger partial charge in [-0.1, -0.05) is 18.2 Å². The summed E-state index contributed by atoms with van der Waals surface area (Å²) in [5, 5.41) is 13.2. The van der Waals surface area contributed by atoms with E-state index in [1.807, 2.05) is 50.8 Å². The van der Waals surface area contributed by atoms with Crippen LogP contribution in [0.3, 0.4) is 0 Å². The maximum atomic E-state index is 14.7. The fraction of sp³-hybridized carbons (Fsp3) is 0.212. The van der Waals surface area contributed by atoms with Gasteiger partial charge in [-0.25, -0.2) is 4.39 Å². The van der Waals surface area contributed by atoms with Crippen molar-refractivity contribution in [2.75, 3.05) is 46.6 Å². The van der Waals surface area contributed by atoms with Crippen LogP contribution in [0.1, 0.15) is 5.56 Å². The Morgan fingerprint density at radius 1 is 0.805 bits per heavy atom. The van der Waals surface area contributed by atoms with Crippen molar-refractivity contribution in [1.29, 1.82) is 0 Å². The molecule has 0 amide bonds. The van der Waals surface area contributed by atoms with Gasteiger partial charge in [0.15, 0.2) is 0 Å². The van der Waals surface area contributed by atoms with Crippen LogP contribution in [0.15, 0.2) is 79.1 Å². The van der Waals surface area contributed by atoms with Gasteiger partial charge >= 0.3 is 0 Å². The van der Waals surface area contributed by atoms with Crippen molar-refractivity contribution in [2.45, 2.75) is 6.54 Å². The summed E-state index contributed by atoms with van der Waals surface area (Å²) < 4.78 is 14.7. The third-order valence-corrected chi connectivity index (χ3v) is 7.21. The molecule has 6 rings (SSSR count). The molecule has 0 unspecified atom stereocenters. The lowest BCUT2D eigenvalue weighted by Gasteiger charge is -2.13. The fourth-order valence-electron chi connectivity index (χ4n) is 5.30. The first kappa shape index (κ1) is 26.7. The Morgan fingerprint density at radius 3 is 2.51 bits per heavy atom. The first-order chi connectivity index (χ1) is 19.8. The number of halogens is 1. The van der Waals surface area contributed by atoms with Gasteiger partial charge in [0.25, 0.3) is 0 Å².